The Morgan fingerprint density at radius 2 is 1.85 bits per heavy atom. The Labute approximate surface area is 123 Å². The Kier molecular flexibility index (Phi) is 4.76. The number of thiophene rings is 1. The van der Waals surface area contributed by atoms with E-state index in [-0.39, 0.29) is 5.92 Å². The summed E-state index contributed by atoms with van der Waals surface area (Å²) in [4.78, 5) is 1.11. The lowest BCUT2D eigenvalue weighted by Crippen LogP contribution is -2.19. The van der Waals surface area contributed by atoms with Crippen LogP contribution in [0.5, 0.6) is 0 Å². The molecule has 0 amide bonds. The summed E-state index contributed by atoms with van der Waals surface area (Å²) in [5, 5.41) is 4.11. The molecule has 0 aliphatic heterocycles. The van der Waals surface area contributed by atoms with Crippen LogP contribution in [0.1, 0.15) is 44.1 Å². The monoisotopic (exact) mass is 297 g/mol. The van der Waals surface area contributed by atoms with Crippen molar-refractivity contribution >= 4 is 21.4 Å². The molecule has 1 heterocycles. The summed E-state index contributed by atoms with van der Waals surface area (Å²) < 4.78 is 27.9. The number of nitrogens with one attached hydrogen (secondary N) is 1. The van der Waals surface area contributed by atoms with Crippen molar-refractivity contribution in [1.82, 2.24) is 5.32 Å². The van der Waals surface area contributed by atoms with Gasteiger partial charge in [0, 0.05) is 22.9 Å². The van der Waals surface area contributed by atoms with E-state index in [1.165, 1.54) is 17.4 Å². The Bertz CT molecular complexity index is 602. The molecule has 110 valence electrons. The molecule has 0 radical (unpaired) electrons. The predicted molar refractivity (Wildman–Crippen MR) is 82.4 cm³/mol. The molecule has 0 atom stereocenters. The second-order valence-corrected chi connectivity index (χ2v) is 6.99. The van der Waals surface area contributed by atoms with Crippen LogP contribution in [0.15, 0.2) is 12.1 Å². The molecule has 1 aromatic heterocycles. The molecule has 0 saturated carbocycles. The quantitative estimate of drug-likeness (QED) is 0.814. The summed E-state index contributed by atoms with van der Waals surface area (Å²) in [6, 6.07) is 2.42. The van der Waals surface area contributed by atoms with E-state index in [4.69, 9.17) is 0 Å². The molecule has 4 heteroatoms. The van der Waals surface area contributed by atoms with E-state index in [1.807, 2.05) is 0 Å². The summed E-state index contributed by atoms with van der Waals surface area (Å²) in [5.41, 5.74) is 1.07. The van der Waals surface area contributed by atoms with Gasteiger partial charge < -0.3 is 5.32 Å². The lowest BCUT2D eigenvalue weighted by Gasteiger charge is -2.10. The highest BCUT2D eigenvalue weighted by Gasteiger charge is 2.18. The fourth-order valence-corrected chi connectivity index (χ4v) is 3.74. The molecule has 0 fully saturated rings. The van der Waals surface area contributed by atoms with Crippen LogP contribution in [0.25, 0.3) is 10.1 Å². The van der Waals surface area contributed by atoms with Crippen molar-refractivity contribution in [3.05, 3.63) is 34.2 Å². The summed E-state index contributed by atoms with van der Waals surface area (Å²) in [6.45, 7) is 10.1. The highest BCUT2D eigenvalue weighted by molar-refractivity contribution is 7.19. The molecule has 0 unspecified atom stereocenters. The smallest absolute Gasteiger partial charge is 0.143 e. The third-order valence-corrected chi connectivity index (χ3v) is 4.47. The van der Waals surface area contributed by atoms with Crippen LogP contribution in [0, 0.1) is 17.6 Å². The molecule has 0 saturated heterocycles. The molecule has 0 aliphatic rings. The fourth-order valence-electron chi connectivity index (χ4n) is 2.43. The molecule has 1 N–H and O–H groups in total. The summed E-state index contributed by atoms with van der Waals surface area (Å²) in [5.74, 6) is -0.139. The van der Waals surface area contributed by atoms with Crippen molar-refractivity contribution in [2.75, 3.05) is 6.54 Å². The average molecular weight is 297 g/mol. The molecular formula is C16H21F2NS. The first-order chi connectivity index (χ1) is 9.40. The van der Waals surface area contributed by atoms with E-state index in [9.17, 15) is 8.78 Å². The first kappa shape index (κ1) is 15.4. The minimum Gasteiger partial charge on any atom is -0.312 e. The standard InChI is InChI=1S/C16H21F2NS/c1-9(2)7-19-8-14-15(10(3)4)12-5-11(17)6-13(18)16(12)20-14/h5-6,9-10,19H,7-8H2,1-4H3. The van der Waals surface area contributed by atoms with Crippen molar-refractivity contribution < 1.29 is 8.78 Å². The highest BCUT2D eigenvalue weighted by Crippen LogP contribution is 2.38. The topological polar surface area (TPSA) is 12.0 Å². The van der Waals surface area contributed by atoms with E-state index in [2.05, 4.69) is 33.0 Å². The Hall–Kier alpha value is -1.00. The van der Waals surface area contributed by atoms with Crippen molar-refractivity contribution in [2.24, 2.45) is 5.92 Å². The normalized spacial score (nSPS) is 12.0. The Morgan fingerprint density at radius 1 is 1.15 bits per heavy atom. The van der Waals surface area contributed by atoms with Gasteiger partial charge in [-0.15, -0.1) is 11.3 Å². The van der Waals surface area contributed by atoms with Gasteiger partial charge in [-0.05, 0) is 30.0 Å². The van der Waals surface area contributed by atoms with Crippen LogP contribution in [0.2, 0.25) is 0 Å². The molecule has 1 nitrogen and oxygen atoms in total. The molecule has 0 aliphatic carbocycles. The van der Waals surface area contributed by atoms with Crippen LogP contribution < -0.4 is 5.32 Å². The van der Waals surface area contributed by atoms with E-state index in [1.54, 1.807) is 0 Å². The van der Waals surface area contributed by atoms with Gasteiger partial charge in [0.2, 0.25) is 0 Å². The van der Waals surface area contributed by atoms with Crippen molar-refractivity contribution in [3.8, 4) is 0 Å². The number of halogens is 2. The van der Waals surface area contributed by atoms with Gasteiger partial charge in [-0.25, -0.2) is 8.78 Å². The van der Waals surface area contributed by atoms with Gasteiger partial charge in [-0.3, -0.25) is 0 Å². The molecule has 2 rings (SSSR count). The van der Waals surface area contributed by atoms with Gasteiger partial charge >= 0.3 is 0 Å². The van der Waals surface area contributed by atoms with Crippen molar-refractivity contribution in [1.29, 1.82) is 0 Å². The number of hydrogen-bond donors (Lipinski definition) is 1. The molecule has 1 aromatic carbocycles. The zero-order chi connectivity index (χ0) is 14.9. The van der Waals surface area contributed by atoms with E-state index in [0.717, 1.165) is 28.4 Å². The van der Waals surface area contributed by atoms with Crippen LogP contribution >= 0.6 is 11.3 Å². The molecule has 0 spiro atoms. The van der Waals surface area contributed by atoms with Gasteiger partial charge in [0.1, 0.15) is 11.6 Å². The SMILES string of the molecule is CC(C)CNCc1sc2c(F)cc(F)cc2c1C(C)C. The lowest BCUT2D eigenvalue weighted by atomic mass is 9.99. The van der Waals surface area contributed by atoms with Crippen molar-refractivity contribution in [3.63, 3.8) is 0 Å². The molecule has 0 bridgehead atoms. The van der Waals surface area contributed by atoms with E-state index >= 15 is 0 Å². The summed E-state index contributed by atoms with van der Waals surface area (Å²) in [6.07, 6.45) is 0. The van der Waals surface area contributed by atoms with Crippen LogP contribution in [0.3, 0.4) is 0 Å². The van der Waals surface area contributed by atoms with E-state index in [0.29, 0.717) is 17.2 Å². The van der Waals surface area contributed by atoms with Gasteiger partial charge in [0.25, 0.3) is 0 Å². The first-order valence-electron chi connectivity index (χ1n) is 7.01. The number of hydrogen-bond acceptors (Lipinski definition) is 2. The maximum Gasteiger partial charge on any atom is 0.143 e. The zero-order valence-corrected chi connectivity index (χ0v) is 13.2. The molecular weight excluding hydrogens is 276 g/mol. The minimum atomic E-state index is -0.503. The van der Waals surface area contributed by atoms with Crippen LogP contribution in [-0.4, -0.2) is 6.54 Å². The van der Waals surface area contributed by atoms with Gasteiger partial charge in [-0.1, -0.05) is 27.7 Å². The highest BCUT2D eigenvalue weighted by atomic mass is 32.1. The number of fused-ring (bicyclic) bond motifs is 1. The first-order valence-corrected chi connectivity index (χ1v) is 7.82. The number of benzene rings is 1. The van der Waals surface area contributed by atoms with Gasteiger partial charge in [-0.2, -0.15) is 0 Å². The maximum atomic E-state index is 13.9. The predicted octanol–water partition coefficient (Wildman–Crippen LogP) is 5.05. The van der Waals surface area contributed by atoms with Crippen molar-refractivity contribution in [2.45, 2.75) is 40.2 Å². The fraction of sp³-hybridized carbons (Fsp3) is 0.500. The second-order valence-electron chi connectivity index (χ2n) is 5.88. The van der Waals surface area contributed by atoms with Gasteiger partial charge in [0.05, 0.1) is 4.70 Å². The average Bonchev–Trinajstić information content (AvgIpc) is 2.67. The second kappa shape index (κ2) is 6.19. The Morgan fingerprint density at radius 3 is 2.45 bits per heavy atom. The summed E-state index contributed by atoms with van der Waals surface area (Å²) >= 11 is 1.44. The Balaban J connectivity index is 2.43. The van der Waals surface area contributed by atoms with Crippen LogP contribution in [0.4, 0.5) is 8.78 Å². The summed E-state index contributed by atoms with van der Waals surface area (Å²) in [7, 11) is 0. The van der Waals surface area contributed by atoms with Gasteiger partial charge in [0.15, 0.2) is 0 Å². The number of rotatable bonds is 5. The van der Waals surface area contributed by atoms with Crippen LogP contribution in [-0.2, 0) is 6.54 Å². The largest absolute Gasteiger partial charge is 0.312 e. The molecule has 2 aromatic rings. The minimum absolute atomic E-state index is 0.251. The third kappa shape index (κ3) is 3.18. The maximum absolute atomic E-state index is 13.9. The van der Waals surface area contributed by atoms with E-state index < -0.39 is 11.6 Å². The lowest BCUT2D eigenvalue weighted by molar-refractivity contribution is 0.553. The molecule has 20 heavy (non-hydrogen) atoms. The zero-order valence-electron chi connectivity index (χ0n) is 12.4. The third-order valence-electron chi connectivity index (χ3n) is 3.24.